The third kappa shape index (κ3) is 3.01. The van der Waals surface area contributed by atoms with Crippen molar-refractivity contribution in [1.29, 1.82) is 0 Å². The number of carbonyl (C=O) groups is 1. The van der Waals surface area contributed by atoms with Crippen LogP contribution in [0.1, 0.15) is 36.0 Å². The Kier molecular flexibility index (Phi) is 4.32. The number of benzene rings is 1. The standard InChI is InChI=1S/C13H12ClN3O5/c1-6(2)12-11(17(20)21)10(16-22-12)13(19)15-8-5-7(14)3-4-9(8)18/h3-6,18H,1-2H3,(H,15,19). The summed E-state index contributed by atoms with van der Waals surface area (Å²) in [4.78, 5) is 22.6. The maximum Gasteiger partial charge on any atom is 0.344 e. The van der Waals surface area contributed by atoms with Crippen molar-refractivity contribution in [3.8, 4) is 5.75 Å². The molecule has 2 N–H and O–H groups in total. The van der Waals surface area contributed by atoms with E-state index >= 15 is 0 Å². The van der Waals surface area contributed by atoms with Gasteiger partial charge in [-0.2, -0.15) is 0 Å². The Morgan fingerprint density at radius 2 is 2.18 bits per heavy atom. The molecular formula is C13H12ClN3O5. The number of rotatable bonds is 4. The normalized spacial score (nSPS) is 10.7. The number of hydrogen-bond acceptors (Lipinski definition) is 6. The lowest BCUT2D eigenvalue weighted by Crippen LogP contribution is -2.14. The van der Waals surface area contributed by atoms with Crippen molar-refractivity contribution in [2.75, 3.05) is 5.32 Å². The van der Waals surface area contributed by atoms with Gasteiger partial charge in [0.25, 0.3) is 5.91 Å². The minimum atomic E-state index is -0.875. The molecule has 2 rings (SSSR count). The van der Waals surface area contributed by atoms with E-state index in [2.05, 4.69) is 10.5 Å². The van der Waals surface area contributed by atoms with Crippen LogP contribution in [-0.4, -0.2) is 21.1 Å². The largest absolute Gasteiger partial charge is 0.506 e. The maximum atomic E-state index is 12.1. The molecule has 9 heteroatoms. The van der Waals surface area contributed by atoms with Crippen molar-refractivity contribution in [3.63, 3.8) is 0 Å². The first-order valence-corrected chi connectivity index (χ1v) is 6.63. The van der Waals surface area contributed by atoms with Gasteiger partial charge in [0.2, 0.25) is 11.5 Å². The first kappa shape index (κ1) is 15.8. The fourth-order valence-corrected chi connectivity index (χ4v) is 1.96. The highest BCUT2D eigenvalue weighted by Crippen LogP contribution is 2.31. The minimum Gasteiger partial charge on any atom is -0.506 e. The third-order valence-electron chi connectivity index (χ3n) is 2.82. The average molecular weight is 326 g/mol. The monoisotopic (exact) mass is 325 g/mol. The predicted molar refractivity (Wildman–Crippen MR) is 78.3 cm³/mol. The zero-order chi connectivity index (χ0) is 16.4. The molecule has 0 aliphatic heterocycles. The number of hydrogen-bond donors (Lipinski definition) is 2. The lowest BCUT2D eigenvalue weighted by molar-refractivity contribution is -0.386. The van der Waals surface area contributed by atoms with Gasteiger partial charge in [0.15, 0.2) is 0 Å². The number of aromatic hydroxyl groups is 1. The second-order valence-electron chi connectivity index (χ2n) is 4.77. The summed E-state index contributed by atoms with van der Waals surface area (Å²) in [5.41, 5.74) is -0.942. The van der Waals surface area contributed by atoms with Crippen LogP contribution in [0, 0.1) is 10.1 Å². The highest BCUT2D eigenvalue weighted by Gasteiger charge is 2.33. The number of phenolic OH excluding ortho intramolecular Hbond substituents is 1. The molecule has 8 nitrogen and oxygen atoms in total. The molecule has 1 aromatic heterocycles. The summed E-state index contributed by atoms with van der Waals surface area (Å²) in [5, 5.41) is 26.9. The van der Waals surface area contributed by atoms with Crippen molar-refractivity contribution >= 4 is 28.9 Å². The SMILES string of the molecule is CC(C)c1onc(C(=O)Nc2cc(Cl)ccc2O)c1[N+](=O)[O-]. The van der Waals surface area contributed by atoms with Crippen LogP contribution in [0.4, 0.5) is 11.4 Å². The zero-order valence-corrected chi connectivity index (χ0v) is 12.4. The summed E-state index contributed by atoms with van der Waals surface area (Å²) in [5.74, 6) is -1.41. The molecule has 0 fully saturated rings. The highest BCUT2D eigenvalue weighted by atomic mass is 35.5. The minimum absolute atomic E-state index is 0.00506. The van der Waals surface area contributed by atoms with Crippen LogP contribution in [0.2, 0.25) is 5.02 Å². The summed E-state index contributed by atoms with van der Waals surface area (Å²) in [6, 6.07) is 4.03. The molecule has 1 amide bonds. The van der Waals surface area contributed by atoms with Crippen molar-refractivity contribution < 1.29 is 19.3 Å². The number of amides is 1. The second kappa shape index (κ2) is 6.02. The Hall–Kier alpha value is -2.61. The fraction of sp³-hybridized carbons (Fsp3) is 0.231. The van der Waals surface area contributed by atoms with E-state index in [1.165, 1.54) is 18.2 Å². The van der Waals surface area contributed by atoms with E-state index in [4.69, 9.17) is 16.1 Å². The maximum absolute atomic E-state index is 12.1. The number of nitrogens with one attached hydrogen (secondary N) is 1. The second-order valence-corrected chi connectivity index (χ2v) is 5.21. The highest BCUT2D eigenvalue weighted by molar-refractivity contribution is 6.31. The summed E-state index contributed by atoms with van der Waals surface area (Å²) < 4.78 is 4.89. The first-order valence-electron chi connectivity index (χ1n) is 6.25. The van der Waals surface area contributed by atoms with Gasteiger partial charge in [0, 0.05) is 10.9 Å². The smallest absolute Gasteiger partial charge is 0.344 e. The molecule has 0 radical (unpaired) electrons. The lowest BCUT2D eigenvalue weighted by Gasteiger charge is -2.05. The molecule has 2 aromatic rings. The molecule has 116 valence electrons. The fourth-order valence-electron chi connectivity index (χ4n) is 1.79. The Morgan fingerprint density at radius 3 is 2.77 bits per heavy atom. The molecule has 0 spiro atoms. The number of carbonyl (C=O) groups excluding carboxylic acids is 1. The van der Waals surface area contributed by atoms with Crippen LogP contribution in [0.15, 0.2) is 22.7 Å². The van der Waals surface area contributed by atoms with Gasteiger partial charge in [-0.15, -0.1) is 0 Å². The number of aromatic nitrogens is 1. The zero-order valence-electron chi connectivity index (χ0n) is 11.7. The van der Waals surface area contributed by atoms with Gasteiger partial charge in [-0.05, 0) is 18.2 Å². The quantitative estimate of drug-likeness (QED) is 0.505. The van der Waals surface area contributed by atoms with Crippen molar-refractivity contribution in [3.05, 3.63) is 44.8 Å². The van der Waals surface area contributed by atoms with Gasteiger partial charge >= 0.3 is 5.69 Å². The van der Waals surface area contributed by atoms with Crippen molar-refractivity contribution in [1.82, 2.24) is 5.16 Å². The average Bonchev–Trinajstić information content (AvgIpc) is 2.88. The van der Waals surface area contributed by atoms with E-state index in [0.29, 0.717) is 0 Å². The Bertz CT molecular complexity index is 741. The van der Waals surface area contributed by atoms with Crippen molar-refractivity contribution in [2.24, 2.45) is 0 Å². The van der Waals surface area contributed by atoms with Crippen LogP contribution >= 0.6 is 11.6 Å². The van der Waals surface area contributed by atoms with E-state index in [1.54, 1.807) is 13.8 Å². The topological polar surface area (TPSA) is 118 Å². The summed E-state index contributed by atoms with van der Waals surface area (Å²) in [6.45, 7) is 3.36. The van der Waals surface area contributed by atoms with E-state index in [0.717, 1.165) is 0 Å². The summed E-state index contributed by atoms with van der Waals surface area (Å²) >= 11 is 5.77. The molecule has 0 bridgehead atoms. The number of nitrogens with zero attached hydrogens (tertiary/aromatic N) is 2. The van der Waals surface area contributed by atoms with Crippen LogP contribution in [-0.2, 0) is 0 Å². The van der Waals surface area contributed by atoms with E-state index < -0.39 is 22.2 Å². The molecule has 0 saturated heterocycles. The lowest BCUT2D eigenvalue weighted by atomic mass is 10.1. The Balaban J connectivity index is 2.38. The number of phenols is 1. The van der Waals surface area contributed by atoms with Gasteiger partial charge in [0.05, 0.1) is 10.6 Å². The van der Waals surface area contributed by atoms with Crippen LogP contribution in [0.3, 0.4) is 0 Å². The van der Waals surface area contributed by atoms with Gasteiger partial charge in [0.1, 0.15) is 5.75 Å². The number of anilines is 1. The molecule has 0 atom stereocenters. The van der Waals surface area contributed by atoms with Gasteiger partial charge in [-0.25, -0.2) is 0 Å². The molecular weight excluding hydrogens is 314 g/mol. The van der Waals surface area contributed by atoms with Crippen LogP contribution in [0.5, 0.6) is 5.75 Å². The van der Waals surface area contributed by atoms with Crippen molar-refractivity contribution in [2.45, 2.75) is 19.8 Å². The Labute approximate surface area is 129 Å². The third-order valence-corrected chi connectivity index (χ3v) is 3.06. The Morgan fingerprint density at radius 1 is 1.50 bits per heavy atom. The number of nitro groups is 1. The molecule has 1 heterocycles. The van der Waals surface area contributed by atoms with Crippen LogP contribution < -0.4 is 5.32 Å². The molecule has 22 heavy (non-hydrogen) atoms. The molecule has 0 unspecified atom stereocenters. The summed E-state index contributed by atoms with van der Waals surface area (Å²) in [6.07, 6.45) is 0. The number of halogens is 1. The van der Waals surface area contributed by atoms with Crippen LogP contribution in [0.25, 0.3) is 0 Å². The van der Waals surface area contributed by atoms with E-state index in [-0.39, 0.29) is 28.1 Å². The first-order chi connectivity index (χ1) is 10.3. The van der Waals surface area contributed by atoms with Gasteiger partial charge < -0.3 is 14.9 Å². The van der Waals surface area contributed by atoms with Gasteiger partial charge in [-0.3, -0.25) is 14.9 Å². The van der Waals surface area contributed by atoms with E-state index in [9.17, 15) is 20.0 Å². The molecule has 1 aromatic carbocycles. The molecule has 0 aliphatic rings. The summed E-state index contributed by atoms with van der Waals surface area (Å²) in [7, 11) is 0. The van der Waals surface area contributed by atoms with Gasteiger partial charge in [-0.1, -0.05) is 30.6 Å². The molecule has 0 aliphatic carbocycles. The van der Waals surface area contributed by atoms with E-state index in [1.807, 2.05) is 0 Å². The molecule has 0 saturated carbocycles. The predicted octanol–water partition coefficient (Wildman–Crippen LogP) is 3.32.